The van der Waals surface area contributed by atoms with Gasteiger partial charge in [-0.15, -0.1) is 11.3 Å². The Balaban J connectivity index is 1.79. The summed E-state index contributed by atoms with van der Waals surface area (Å²) in [4.78, 5) is 10.1. The van der Waals surface area contributed by atoms with Gasteiger partial charge in [-0.3, -0.25) is 0 Å². The number of thiazole rings is 1. The van der Waals surface area contributed by atoms with Crippen molar-refractivity contribution in [2.75, 3.05) is 26.3 Å². The fourth-order valence-electron chi connectivity index (χ4n) is 2.10. The third kappa shape index (κ3) is 5.85. The standard InChI is InChI=1S/C15H24N4OS/c1-3-16-15(19-11-14-18-10-12(2)21-14)17-7-4-13-5-8-20-9-6-13/h5,10H,3-4,6-9,11H2,1-2H3,(H2,16,17,19). The second kappa shape index (κ2) is 8.79. The molecule has 2 N–H and O–H groups in total. The van der Waals surface area contributed by atoms with Crippen LogP contribution in [0.25, 0.3) is 0 Å². The van der Waals surface area contributed by atoms with Crippen molar-refractivity contribution in [3.8, 4) is 0 Å². The number of hydrogen-bond donors (Lipinski definition) is 2. The van der Waals surface area contributed by atoms with Crippen LogP contribution in [0.4, 0.5) is 0 Å². The summed E-state index contributed by atoms with van der Waals surface area (Å²) in [5.41, 5.74) is 1.47. The fraction of sp³-hybridized carbons (Fsp3) is 0.600. The van der Waals surface area contributed by atoms with Crippen LogP contribution < -0.4 is 10.6 Å². The Labute approximate surface area is 130 Å². The number of hydrogen-bond acceptors (Lipinski definition) is 4. The molecule has 0 spiro atoms. The summed E-state index contributed by atoms with van der Waals surface area (Å²) >= 11 is 1.70. The summed E-state index contributed by atoms with van der Waals surface area (Å²) in [6, 6.07) is 0. The van der Waals surface area contributed by atoms with Crippen LogP contribution in [0.2, 0.25) is 0 Å². The van der Waals surface area contributed by atoms with Crippen molar-refractivity contribution < 1.29 is 4.74 Å². The highest BCUT2D eigenvalue weighted by Crippen LogP contribution is 2.12. The Bertz CT molecular complexity index is 496. The molecule has 0 radical (unpaired) electrons. The van der Waals surface area contributed by atoms with Crippen molar-refractivity contribution in [1.82, 2.24) is 15.6 Å². The topological polar surface area (TPSA) is 58.5 Å². The fourth-order valence-corrected chi connectivity index (χ4v) is 2.81. The van der Waals surface area contributed by atoms with Crippen LogP contribution in [-0.4, -0.2) is 37.2 Å². The molecule has 0 unspecified atom stereocenters. The van der Waals surface area contributed by atoms with Crippen LogP contribution in [0.3, 0.4) is 0 Å². The van der Waals surface area contributed by atoms with Crippen LogP contribution in [0.5, 0.6) is 0 Å². The molecule has 21 heavy (non-hydrogen) atoms. The summed E-state index contributed by atoms with van der Waals surface area (Å²) < 4.78 is 5.32. The van der Waals surface area contributed by atoms with Gasteiger partial charge in [0.25, 0.3) is 0 Å². The highest BCUT2D eigenvalue weighted by molar-refractivity contribution is 7.11. The largest absolute Gasteiger partial charge is 0.377 e. The molecule has 0 amide bonds. The third-order valence-electron chi connectivity index (χ3n) is 3.18. The van der Waals surface area contributed by atoms with Gasteiger partial charge in [-0.2, -0.15) is 0 Å². The van der Waals surface area contributed by atoms with Crippen LogP contribution in [-0.2, 0) is 11.3 Å². The number of aryl methyl sites for hydroxylation is 1. The van der Waals surface area contributed by atoms with Gasteiger partial charge in [0, 0.05) is 24.2 Å². The molecular weight excluding hydrogens is 284 g/mol. The molecule has 2 rings (SSSR count). The zero-order chi connectivity index (χ0) is 14.9. The molecule has 0 saturated heterocycles. The van der Waals surface area contributed by atoms with E-state index in [1.807, 2.05) is 6.20 Å². The molecule has 2 heterocycles. The van der Waals surface area contributed by atoms with Crippen molar-refractivity contribution in [1.29, 1.82) is 0 Å². The summed E-state index contributed by atoms with van der Waals surface area (Å²) in [5.74, 6) is 0.859. The second-order valence-electron chi connectivity index (χ2n) is 4.92. The predicted octanol–water partition coefficient (Wildman–Crippen LogP) is 2.24. The van der Waals surface area contributed by atoms with Gasteiger partial charge in [-0.05, 0) is 26.7 Å². The quantitative estimate of drug-likeness (QED) is 0.481. The first-order valence-corrected chi connectivity index (χ1v) is 8.28. The Morgan fingerprint density at radius 1 is 1.48 bits per heavy atom. The third-order valence-corrected chi connectivity index (χ3v) is 4.08. The minimum atomic E-state index is 0.629. The number of aromatic nitrogens is 1. The molecule has 1 aliphatic heterocycles. The summed E-state index contributed by atoms with van der Waals surface area (Å²) in [5, 5.41) is 7.70. The number of nitrogens with zero attached hydrogens (tertiary/aromatic N) is 2. The van der Waals surface area contributed by atoms with Crippen LogP contribution in [0, 0.1) is 6.92 Å². The van der Waals surface area contributed by atoms with Gasteiger partial charge in [-0.25, -0.2) is 9.98 Å². The van der Waals surface area contributed by atoms with Crippen molar-refractivity contribution >= 4 is 17.3 Å². The Kier molecular flexibility index (Phi) is 6.69. The van der Waals surface area contributed by atoms with Crippen molar-refractivity contribution in [2.24, 2.45) is 4.99 Å². The maximum Gasteiger partial charge on any atom is 0.191 e. The van der Waals surface area contributed by atoms with Gasteiger partial charge < -0.3 is 15.4 Å². The summed E-state index contributed by atoms with van der Waals surface area (Å²) in [6.45, 7) is 8.14. The van der Waals surface area contributed by atoms with Gasteiger partial charge in [-0.1, -0.05) is 11.6 Å². The predicted molar refractivity (Wildman–Crippen MR) is 87.8 cm³/mol. The van der Waals surface area contributed by atoms with Gasteiger partial charge in [0.15, 0.2) is 5.96 Å². The normalized spacial score (nSPS) is 15.7. The smallest absolute Gasteiger partial charge is 0.191 e. The molecule has 0 aliphatic carbocycles. The lowest BCUT2D eigenvalue weighted by Gasteiger charge is -2.15. The van der Waals surface area contributed by atoms with Crippen LogP contribution >= 0.6 is 11.3 Å². The SMILES string of the molecule is CCNC(=NCc1ncc(C)s1)NCCC1=CCOCC1. The van der Waals surface area contributed by atoms with E-state index in [9.17, 15) is 0 Å². The highest BCUT2D eigenvalue weighted by atomic mass is 32.1. The number of ether oxygens (including phenoxy) is 1. The first kappa shape index (κ1) is 16.0. The van der Waals surface area contributed by atoms with Gasteiger partial charge >= 0.3 is 0 Å². The molecule has 116 valence electrons. The first-order chi connectivity index (χ1) is 10.3. The maximum absolute atomic E-state index is 5.32. The minimum Gasteiger partial charge on any atom is -0.377 e. The van der Waals surface area contributed by atoms with Crippen LogP contribution in [0.1, 0.15) is 29.7 Å². The molecule has 1 aromatic rings. The lowest BCUT2D eigenvalue weighted by Crippen LogP contribution is -2.38. The maximum atomic E-state index is 5.32. The molecule has 1 aliphatic rings. The van der Waals surface area contributed by atoms with E-state index < -0.39 is 0 Å². The number of guanidine groups is 1. The zero-order valence-electron chi connectivity index (χ0n) is 12.8. The molecular formula is C15H24N4OS. The number of rotatable bonds is 6. The van der Waals surface area contributed by atoms with Crippen LogP contribution in [0.15, 0.2) is 22.8 Å². The van der Waals surface area contributed by atoms with E-state index in [1.165, 1.54) is 10.5 Å². The molecule has 0 saturated carbocycles. The molecule has 0 aromatic carbocycles. The monoisotopic (exact) mass is 308 g/mol. The van der Waals surface area contributed by atoms with Crippen molar-refractivity contribution in [2.45, 2.75) is 33.2 Å². The molecule has 6 heteroatoms. The first-order valence-electron chi connectivity index (χ1n) is 7.47. The van der Waals surface area contributed by atoms with Gasteiger partial charge in [0.05, 0.1) is 19.8 Å². The molecule has 1 aromatic heterocycles. The average Bonchev–Trinajstić information content (AvgIpc) is 2.91. The number of aliphatic imine (C=N–C) groups is 1. The molecule has 0 fully saturated rings. The molecule has 5 nitrogen and oxygen atoms in total. The highest BCUT2D eigenvalue weighted by Gasteiger charge is 2.04. The Hall–Kier alpha value is -1.40. The van der Waals surface area contributed by atoms with E-state index in [0.717, 1.165) is 50.1 Å². The van der Waals surface area contributed by atoms with Crippen molar-refractivity contribution in [3.05, 3.63) is 27.7 Å². The van der Waals surface area contributed by atoms with E-state index in [2.05, 4.69) is 40.5 Å². The minimum absolute atomic E-state index is 0.629. The summed E-state index contributed by atoms with van der Waals surface area (Å²) in [7, 11) is 0. The zero-order valence-corrected chi connectivity index (χ0v) is 13.6. The molecule has 0 atom stereocenters. The van der Waals surface area contributed by atoms with E-state index in [0.29, 0.717) is 6.54 Å². The Morgan fingerprint density at radius 2 is 2.38 bits per heavy atom. The van der Waals surface area contributed by atoms with E-state index in [1.54, 1.807) is 11.3 Å². The average molecular weight is 308 g/mol. The van der Waals surface area contributed by atoms with E-state index in [-0.39, 0.29) is 0 Å². The lowest BCUT2D eigenvalue weighted by molar-refractivity contribution is 0.153. The summed E-state index contributed by atoms with van der Waals surface area (Å²) in [6.07, 6.45) is 6.18. The van der Waals surface area contributed by atoms with Gasteiger partial charge in [0.2, 0.25) is 0 Å². The Morgan fingerprint density at radius 3 is 3.05 bits per heavy atom. The van der Waals surface area contributed by atoms with Gasteiger partial charge in [0.1, 0.15) is 5.01 Å². The molecule has 0 bridgehead atoms. The van der Waals surface area contributed by atoms with Crippen molar-refractivity contribution in [3.63, 3.8) is 0 Å². The lowest BCUT2D eigenvalue weighted by atomic mass is 10.1. The second-order valence-corrected chi connectivity index (χ2v) is 6.24. The van der Waals surface area contributed by atoms with E-state index >= 15 is 0 Å². The van der Waals surface area contributed by atoms with E-state index in [4.69, 9.17) is 4.74 Å². The number of nitrogens with one attached hydrogen (secondary N) is 2.